The number of aromatic nitrogens is 1. The number of halogens is 1. The van der Waals surface area contributed by atoms with Gasteiger partial charge in [-0.1, -0.05) is 29.8 Å². The van der Waals surface area contributed by atoms with E-state index in [1.165, 1.54) is 6.20 Å². The summed E-state index contributed by atoms with van der Waals surface area (Å²) in [5.41, 5.74) is 1.61. The van der Waals surface area contributed by atoms with Crippen LogP contribution in [0.2, 0.25) is 5.02 Å². The number of nitrogens with zero attached hydrogens (tertiary/aromatic N) is 1. The molecule has 0 spiro atoms. The monoisotopic (exact) mass is 332 g/mol. The fourth-order valence-electron chi connectivity index (χ4n) is 2.19. The van der Waals surface area contributed by atoms with Gasteiger partial charge in [0.05, 0.1) is 5.02 Å². The number of hydrogen-bond acceptors (Lipinski definition) is 4. The molecule has 6 heteroatoms. The number of rotatable bonds is 4. The van der Waals surface area contributed by atoms with Crippen molar-refractivity contribution < 1.29 is 9.21 Å². The van der Waals surface area contributed by atoms with Gasteiger partial charge < -0.3 is 9.73 Å². The number of thioether (sulfide) groups is 1. The molecule has 4 nitrogen and oxygen atoms in total. The van der Waals surface area contributed by atoms with Crippen molar-refractivity contribution in [2.75, 3.05) is 11.6 Å². The lowest BCUT2D eigenvalue weighted by Crippen LogP contribution is -2.13. The number of carbonyl (C=O) groups is 1. The minimum Gasteiger partial charge on any atom is -0.451 e. The molecule has 0 aliphatic carbocycles. The molecule has 3 aromatic rings. The van der Waals surface area contributed by atoms with E-state index in [9.17, 15) is 4.79 Å². The van der Waals surface area contributed by atoms with Crippen LogP contribution in [0.4, 0.5) is 5.82 Å². The molecule has 0 saturated heterocycles. The summed E-state index contributed by atoms with van der Waals surface area (Å²) in [5.74, 6) is 1.15. The molecule has 2 aromatic heterocycles. The lowest BCUT2D eigenvalue weighted by atomic mass is 10.1. The van der Waals surface area contributed by atoms with Crippen molar-refractivity contribution >= 4 is 46.1 Å². The smallest absolute Gasteiger partial charge is 0.292 e. The topological polar surface area (TPSA) is 55.1 Å². The Kier molecular flexibility index (Phi) is 4.36. The highest BCUT2D eigenvalue weighted by molar-refractivity contribution is 7.97. The summed E-state index contributed by atoms with van der Waals surface area (Å²) in [6.07, 6.45) is 3.48. The number of furan rings is 1. The summed E-state index contributed by atoms with van der Waals surface area (Å²) in [7, 11) is 0. The normalized spacial score (nSPS) is 10.8. The number of benzene rings is 1. The summed E-state index contributed by atoms with van der Waals surface area (Å²) in [4.78, 5) is 16.5. The molecule has 0 aliphatic heterocycles. The quantitative estimate of drug-likeness (QED) is 0.758. The molecule has 1 amide bonds. The van der Waals surface area contributed by atoms with Gasteiger partial charge in [0.15, 0.2) is 5.76 Å². The summed E-state index contributed by atoms with van der Waals surface area (Å²) >= 11 is 7.43. The summed E-state index contributed by atoms with van der Waals surface area (Å²) < 4.78 is 5.73. The van der Waals surface area contributed by atoms with E-state index in [0.717, 1.165) is 10.9 Å². The Hall–Kier alpha value is -1.98. The maximum absolute atomic E-state index is 12.5. The molecule has 0 saturated carbocycles. The van der Waals surface area contributed by atoms with Gasteiger partial charge in [0.1, 0.15) is 11.4 Å². The van der Waals surface area contributed by atoms with Crippen molar-refractivity contribution in [2.45, 2.75) is 5.75 Å². The highest BCUT2D eigenvalue weighted by Crippen LogP contribution is 2.29. The molecule has 22 heavy (non-hydrogen) atoms. The van der Waals surface area contributed by atoms with Crippen molar-refractivity contribution in [2.24, 2.45) is 0 Å². The molecule has 112 valence electrons. The number of para-hydroxylation sites is 1. The zero-order chi connectivity index (χ0) is 15.5. The molecule has 0 radical (unpaired) electrons. The van der Waals surface area contributed by atoms with E-state index in [1.54, 1.807) is 23.9 Å². The van der Waals surface area contributed by atoms with Crippen LogP contribution in [0.25, 0.3) is 11.0 Å². The lowest BCUT2D eigenvalue weighted by molar-refractivity contribution is 0.0997. The van der Waals surface area contributed by atoms with Crippen LogP contribution in [-0.4, -0.2) is 17.1 Å². The van der Waals surface area contributed by atoms with E-state index in [4.69, 9.17) is 16.0 Å². The average molecular weight is 333 g/mol. The number of nitrogens with one attached hydrogen (secondary N) is 1. The first-order chi connectivity index (χ1) is 10.7. The highest BCUT2D eigenvalue weighted by atomic mass is 35.5. The van der Waals surface area contributed by atoms with Crippen LogP contribution in [0.3, 0.4) is 0 Å². The Morgan fingerprint density at radius 2 is 2.14 bits per heavy atom. The van der Waals surface area contributed by atoms with Crippen LogP contribution in [-0.2, 0) is 5.75 Å². The van der Waals surface area contributed by atoms with Gasteiger partial charge in [0, 0.05) is 22.9 Å². The minimum atomic E-state index is -0.310. The molecule has 0 fully saturated rings. The molecule has 2 heterocycles. The third-order valence-corrected chi connectivity index (χ3v) is 3.96. The first-order valence-corrected chi connectivity index (χ1v) is 8.38. The van der Waals surface area contributed by atoms with Crippen LogP contribution in [0, 0.1) is 0 Å². The van der Waals surface area contributed by atoms with Crippen molar-refractivity contribution in [3.63, 3.8) is 0 Å². The molecular weight excluding hydrogens is 320 g/mol. The van der Waals surface area contributed by atoms with Crippen LogP contribution in [0.5, 0.6) is 0 Å². The number of pyridine rings is 1. The largest absolute Gasteiger partial charge is 0.451 e. The maximum Gasteiger partial charge on any atom is 0.292 e. The van der Waals surface area contributed by atoms with Gasteiger partial charge in [-0.05, 0) is 24.5 Å². The van der Waals surface area contributed by atoms with Gasteiger partial charge in [0.2, 0.25) is 0 Å². The molecular formula is C16H13ClN2O2S. The van der Waals surface area contributed by atoms with Gasteiger partial charge in [0.25, 0.3) is 5.91 Å². The standard InChI is InChI=1S/C16H13ClN2O2S/c1-22-9-12-11-4-2-3-5-13(11)21-15(12)16(20)19-14-7-6-10(17)8-18-14/h2-8H,9H2,1H3,(H,18,19,20). The van der Waals surface area contributed by atoms with Crippen molar-refractivity contribution in [3.8, 4) is 0 Å². The van der Waals surface area contributed by atoms with Crippen LogP contribution >= 0.6 is 23.4 Å². The number of amides is 1. The molecule has 3 rings (SSSR count). The Labute approximate surface area is 136 Å². The third-order valence-electron chi connectivity index (χ3n) is 3.16. The predicted molar refractivity (Wildman–Crippen MR) is 90.6 cm³/mol. The van der Waals surface area contributed by atoms with Gasteiger partial charge in [-0.2, -0.15) is 11.8 Å². The predicted octanol–water partition coefficient (Wildman–Crippen LogP) is 4.60. The second-order valence-corrected chi connectivity index (χ2v) is 5.96. The van der Waals surface area contributed by atoms with Crippen LogP contribution in [0.1, 0.15) is 16.1 Å². The van der Waals surface area contributed by atoms with Crippen molar-refractivity contribution in [3.05, 3.63) is 58.9 Å². The summed E-state index contributed by atoms with van der Waals surface area (Å²) in [6.45, 7) is 0. The Balaban J connectivity index is 1.96. The number of carbonyl (C=O) groups excluding carboxylic acids is 1. The van der Waals surface area contributed by atoms with Gasteiger partial charge in [-0.3, -0.25) is 4.79 Å². The van der Waals surface area contributed by atoms with Crippen LogP contribution < -0.4 is 5.32 Å². The van der Waals surface area contributed by atoms with E-state index in [0.29, 0.717) is 27.9 Å². The van der Waals surface area contributed by atoms with Gasteiger partial charge in [-0.15, -0.1) is 0 Å². The van der Waals surface area contributed by atoms with E-state index in [2.05, 4.69) is 10.3 Å². The molecule has 1 N–H and O–H groups in total. The lowest BCUT2D eigenvalue weighted by Gasteiger charge is -2.04. The zero-order valence-electron chi connectivity index (χ0n) is 11.8. The second kappa shape index (κ2) is 6.42. The van der Waals surface area contributed by atoms with Gasteiger partial charge >= 0.3 is 0 Å². The fourth-order valence-corrected chi connectivity index (χ4v) is 2.88. The minimum absolute atomic E-state index is 0.310. The van der Waals surface area contributed by atoms with E-state index in [-0.39, 0.29) is 5.91 Å². The number of hydrogen-bond donors (Lipinski definition) is 1. The Bertz CT molecular complexity index is 815. The SMILES string of the molecule is CSCc1c(C(=O)Nc2ccc(Cl)cn2)oc2ccccc12. The van der Waals surface area contributed by atoms with Crippen molar-refractivity contribution in [1.29, 1.82) is 0 Å². The van der Waals surface area contributed by atoms with Gasteiger partial charge in [-0.25, -0.2) is 4.98 Å². The fraction of sp³-hybridized carbons (Fsp3) is 0.125. The second-order valence-electron chi connectivity index (χ2n) is 4.65. The average Bonchev–Trinajstić information content (AvgIpc) is 2.89. The van der Waals surface area contributed by atoms with E-state index < -0.39 is 0 Å². The molecule has 0 atom stereocenters. The summed E-state index contributed by atoms with van der Waals surface area (Å²) in [5, 5.41) is 4.22. The molecule has 0 aliphatic rings. The first-order valence-electron chi connectivity index (χ1n) is 6.61. The van der Waals surface area contributed by atoms with Crippen LogP contribution in [0.15, 0.2) is 47.0 Å². The van der Waals surface area contributed by atoms with Crippen molar-refractivity contribution in [1.82, 2.24) is 4.98 Å². The number of fused-ring (bicyclic) bond motifs is 1. The molecule has 0 unspecified atom stereocenters. The Morgan fingerprint density at radius 1 is 1.32 bits per heavy atom. The molecule has 1 aromatic carbocycles. The molecule has 0 bridgehead atoms. The maximum atomic E-state index is 12.5. The number of anilines is 1. The first kappa shape index (κ1) is 14.9. The third kappa shape index (κ3) is 2.96. The highest BCUT2D eigenvalue weighted by Gasteiger charge is 2.20. The Morgan fingerprint density at radius 3 is 2.86 bits per heavy atom. The zero-order valence-corrected chi connectivity index (χ0v) is 13.4. The summed E-state index contributed by atoms with van der Waals surface area (Å²) in [6, 6.07) is 11.0. The van der Waals surface area contributed by atoms with E-state index in [1.807, 2.05) is 30.5 Å². The van der Waals surface area contributed by atoms with E-state index >= 15 is 0 Å².